The van der Waals surface area contributed by atoms with Gasteiger partial charge in [0.25, 0.3) is 5.91 Å². The maximum absolute atomic E-state index is 14.1. The highest BCUT2D eigenvalue weighted by atomic mass is 16.6. The number of esters is 1. The third-order valence-electron chi connectivity index (χ3n) is 7.11. The normalized spacial score (nSPS) is 13.4. The van der Waals surface area contributed by atoms with E-state index in [1.54, 1.807) is 30.3 Å². The van der Waals surface area contributed by atoms with Crippen LogP contribution in [0.3, 0.4) is 0 Å². The highest BCUT2D eigenvalue weighted by Crippen LogP contribution is 2.35. The molecule has 0 unspecified atom stereocenters. The molecule has 1 aliphatic heterocycles. The molecule has 4 rings (SSSR count). The van der Waals surface area contributed by atoms with Crippen LogP contribution in [0.1, 0.15) is 70.0 Å². The number of anilines is 1. The van der Waals surface area contributed by atoms with Crippen molar-refractivity contribution in [3.63, 3.8) is 0 Å². The minimum atomic E-state index is -1.69. The number of nitrogens with two attached hydrogens (primary N) is 1. The first-order valence-electron chi connectivity index (χ1n) is 14.0. The summed E-state index contributed by atoms with van der Waals surface area (Å²) in [6.07, 6.45) is 0.0165. The molecule has 1 atom stereocenters. The highest BCUT2D eigenvalue weighted by molar-refractivity contribution is 6.01. The molecule has 44 heavy (non-hydrogen) atoms. The Balaban J connectivity index is 1.74. The number of hydrogen-bond donors (Lipinski definition) is 5. The number of carbonyl (C=O) groups is 4. The minimum Gasteiger partial charge on any atom is -0.489 e. The van der Waals surface area contributed by atoms with Crippen LogP contribution in [0, 0.1) is 5.41 Å². The lowest BCUT2D eigenvalue weighted by molar-refractivity contribution is -0.149. The molecule has 230 valence electrons. The van der Waals surface area contributed by atoms with E-state index in [1.807, 2.05) is 26.0 Å². The summed E-state index contributed by atoms with van der Waals surface area (Å²) in [6, 6.07) is 14.8. The molecule has 3 aromatic carbocycles. The van der Waals surface area contributed by atoms with E-state index < -0.39 is 36.3 Å². The topological polar surface area (TPSA) is 192 Å². The second-order valence-electron chi connectivity index (χ2n) is 10.7. The number of para-hydroxylation sites is 1. The standard InChI is InChI=1S/C32H34N4O8/c1-18(2)20-7-3-6-19(14-20)17-36(25(30(40)41)16-27(37)38)29(39)24-9-4-10-26-28(24)43-13-5-8-21-15-22(35-32(33)34)11-12-23(21)31(42)44-26/h3-4,6-7,9-12,14-15,18,25H,5,8,13,16-17H2,1-2H3,(H,37,38)(H,40,41)(H4,33,34,35)/t25-/m0/s1. The van der Waals surface area contributed by atoms with Crippen LogP contribution in [0.4, 0.5) is 5.69 Å². The predicted molar refractivity (Wildman–Crippen MR) is 161 cm³/mol. The number of rotatable bonds is 9. The summed E-state index contributed by atoms with van der Waals surface area (Å²) >= 11 is 0. The Morgan fingerprint density at radius 2 is 1.82 bits per heavy atom. The van der Waals surface area contributed by atoms with Crippen molar-refractivity contribution in [3.05, 3.63) is 88.5 Å². The van der Waals surface area contributed by atoms with Gasteiger partial charge in [-0.05, 0) is 65.8 Å². The van der Waals surface area contributed by atoms with Crippen LogP contribution in [0.15, 0.2) is 60.7 Å². The fraction of sp³-hybridized carbons (Fsp3) is 0.281. The van der Waals surface area contributed by atoms with Crippen molar-refractivity contribution in [2.24, 2.45) is 5.73 Å². The Labute approximate surface area is 253 Å². The van der Waals surface area contributed by atoms with Crippen LogP contribution in [-0.4, -0.2) is 57.5 Å². The Morgan fingerprint density at radius 1 is 1.07 bits per heavy atom. The average Bonchev–Trinajstić information content (AvgIpc) is 2.96. The molecule has 1 heterocycles. The van der Waals surface area contributed by atoms with Crippen LogP contribution in [-0.2, 0) is 22.6 Å². The zero-order valence-corrected chi connectivity index (χ0v) is 24.3. The smallest absolute Gasteiger partial charge is 0.343 e. The van der Waals surface area contributed by atoms with Gasteiger partial charge in [-0.15, -0.1) is 0 Å². The van der Waals surface area contributed by atoms with Crippen molar-refractivity contribution in [1.82, 2.24) is 4.90 Å². The fourth-order valence-electron chi connectivity index (χ4n) is 4.96. The zero-order valence-electron chi connectivity index (χ0n) is 24.3. The summed E-state index contributed by atoms with van der Waals surface area (Å²) < 4.78 is 11.7. The summed E-state index contributed by atoms with van der Waals surface area (Å²) in [6.45, 7) is 3.93. The number of carboxylic acids is 2. The molecule has 0 aromatic heterocycles. The van der Waals surface area contributed by atoms with E-state index in [1.165, 1.54) is 18.2 Å². The number of carboxylic acid groups (broad SMARTS) is 2. The van der Waals surface area contributed by atoms with Crippen molar-refractivity contribution >= 4 is 35.5 Å². The van der Waals surface area contributed by atoms with E-state index in [2.05, 4.69) is 5.32 Å². The van der Waals surface area contributed by atoms with Crippen molar-refractivity contribution in [2.45, 2.75) is 51.6 Å². The molecule has 1 aliphatic rings. The monoisotopic (exact) mass is 602 g/mol. The second-order valence-corrected chi connectivity index (χ2v) is 10.7. The van der Waals surface area contributed by atoms with E-state index in [-0.39, 0.29) is 47.7 Å². The summed E-state index contributed by atoms with van der Waals surface area (Å²) in [4.78, 5) is 52.4. The van der Waals surface area contributed by atoms with Crippen LogP contribution in [0.25, 0.3) is 0 Å². The predicted octanol–water partition coefficient (Wildman–Crippen LogP) is 4.23. The number of ether oxygens (including phenoxy) is 2. The number of nitrogens with zero attached hydrogens (tertiary/aromatic N) is 1. The van der Waals surface area contributed by atoms with Gasteiger partial charge < -0.3 is 35.6 Å². The first-order valence-corrected chi connectivity index (χ1v) is 14.0. The van der Waals surface area contributed by atoms with E-state index in [0.29, 0.717) is 29.7 Å². The molecular weight excluding hydrogens is 568 g/mol. The van der Waals surface area contributed by atoms with E-state index in [4.69, 9.17) is 20.6 Å². The quantitative estimate of drug-likeness (QED) is 0.102. The second kappa shape index (κ2) is 13.7. The van der Waals surface area contributed by atoms with Gasteiger partial charge in [0, 0.05) is 12.2 Å². The largest absolute Gasteiger partial charge is 0.489 e. The zero-order chi connectivity index (χ0) is 32.0. The Hall–Kier alpha value is -5.39. The molecule has 3 aromatic rings. The van der Waals surface area contributed by atoms with Crippen molar-refractivity contribution in [3.8, 4) is 11.5 Å². The number of benzene rings is 3. The highest BCUT2D eigenvalue weighted by Gasteiger charge is 2.35. The number of aliphatic carboxylic acids is 2. The molecule has 12 nitrogen and oxygen atoms in total. The van der Waals surface area contributed by atoms with Crippen LogP contribution < -0.4 is 20.5 Å². The summed E-state index contributed by atoms with van der Waals surface area (Å²) in [7, 11) is 0. The molecule has 0 radical (unpaired) electrons. The lowest BCUT2D eigenvalue weighted by atomic mass is 10.00. The lowest BCUT2D eigenvalue weighted by Crippen LogP contribution is -2.46. The molecule has 0 fully saturated rings. The number of hydrogen-bond acceptors (Lipinski definition) is 7. The number of aryl methyl sites for hydroxylation is 1. The minimum absolute atomic E-state index is 0.0495. The third kappa shape index (κ3) is 7.51. The first-order chi connectivity index (χ1) is 20.9. The van der Waals surface area contributed by atoms with Gasteiger partial charge >= 0.3 is 17.9 Å². The Morgan fingerprint density at radius 3 is 2.50 bits per heavy atom. The van der Waals surface area contributed by atoms with E-state index >= 15 is 0 Å². The van der Waals surface area contributed by atoms with Crippen LogP contribution in [0.5, 0.6) is 11.5 Å². The third-order valence-corrected chi connectivity index (χ3v) is 7.11. The molecular formula is C32H34N4O8. The molecule has 1 amide bonds. The van der Waals surface area contributed by atoms with E-state index in [9.17, 15) is 29.4 Å². The molecule has 12 heteroatoms. The molecule has 0 saturated heterocycles. The van der Waals surface area contributed by atoms with Crippen LogP contribution in [0.2, 0.25) is 0 Å². The number of fused-ring (bicyclic) bond motifs is 2. The van der Waals surface area contributed by atoms with Gasteiger partial charge in [0.2, 0.25) is 0 Å². The molecule has 0 aliphatic carbocycles. The first kappa shape index (κ1) is 31.5. The van der Waals surface area contributed by atoms with Crippen molar-refractivity contribution in [1.29, 1.82) is 5.41 Å². The summed E-state index contributed by atoms with van der Waals surface area (Å²) in [5, 5.41) is 29.7. The van der Waals surface area contributed by atoms with Gasteiger partial charge in [-0.3, -0.25) is 15.0 Å². The van der Waals surface area contributed by atoms with Crippen molar-refractivity contribution in [2.75, 3.05) is 11.9 Å². The van der Waals surface area contributed by atoms with Gasteiger partial charge in [0.1, 0.15) is 6.04 Å². The summed E-state index contributed by atoms with van der Waals surface area (Å²) in [5.74, 6) is -4.54. The maximum Gasteiger partial charge on any atom is 0.343 e. The number of guanidine groups is 1. The van der Waals surface area contributed by atoms with Gasteiger partial charge in [0.15, 0.2) is 17.5 Å². The number of amides is 1. The van der Waals surface area contributed by atoms with Crippen LogP contribution >= 0.6 is 0 Å². The van der Waals surface area contributed by atoms with Gasteiger partial charge in [0.05, 0.1) is 24.2 Å². The molecule has 0 spiro atoms. The summed E-state index contributed by atoms with van der Waals surface area (Å²) in [5.41, 5.74) is 8.40. The Kier molecular flexibility index (Phi) is 9.84. The number of nitrogens with one attached hydrogen (secondary N) is 2. The molecule has 0 saturated carbocycles. The molecule has 0 bridgehead atoms. The fourth-order valence-corrected chi connectivity index (χ4v) is 4.96. The SMILES string of the molecule is CC(C)c1cccc(CN(C(=O)c2cccc3c2OCCCc2cc(NC(=N)N)ccc2C(=O)O3)[C@@H](CC(=O)O)C(=O)O)c1. The van der Waals surface area contributed by atoms with Gasteiger partial charge in [-0.25, -0.2) is 9.59 Å². The van der Waals surface area contributed by atoms with Gasteiger partial charge in [-0.1, -0.05) is 44.2 Å². The van der Waals surface area contributed by atoms with E-state index in [0.717, 1.165) is 10.5 Å². The Bertz CT molecular complexity index is 1600. The lowest BCUT2D eigenvalue weighted by Gasteiger charge is -2.29. The van der Waals surface area contributed by atoms with Crippen molar-refractivity contribution < 1.29 is 38.9 Å². The number of carbonyl (C=O) groups excluding carboxylic acids is 2. The molecule has 6 N–H and O–H groups in total. The average molecular weight is 603 g/mol. The maximum atomic E-state index is 14.1. The van der Waals surface area contributed by atoms with Gasteiger partial charge in [-0.2, -0.15) is 0 Å².